The van der Waals surface area contributed by atoms with Gasteiger partial charge in [0.1, 0.15) is 22.9 Å². The average Bonchev–Trinajstić information content (AvgIpc) is 3.49. The Kier molecular flexibility index (Phi) is 8.13. The van der Waals surface area contributed by atoms with Gasteiger partial charge in [-0.25, -0.2) is 4.39 Å². The van der Waals surface area contributed by atoms with Crippen molar-refractivity contribution in [2.45, 2.75) is 69.2 Å². The summed E-state index contributed by atoms with van der Waals surface area (Å²) in [6.07, 6.45) is 4.57. The van der Waals surface area contributed by atoms with Crippen molar-refractivity contribution in [1.29, 1.82) is 0 Å². The Morgan fingerprint density at radius 1 is 1.02 bits per heavy atom. The molecule has 6 nitrogen and oxygen atoms in total. The lowest BCUT2D eigenvalue weighted by molar-refractivity contribution is -0.0382. The van der Waals surface area contributed by atoms with E-state index in [0.29, 0.717) is 6.42 Å². The number of aliphatic hydroxyl groups excluding tert-OH is 1. The standard InChI is InChI=1S/C35H37FN2O4/c1-2-23-13-14-32-26(19-23)29(21-35(42-32)17-8-18-35)37-22-30(39)28(20-24-9-4-3-5-10-24)38-34(40)33-16-15-31(41-33)25-11-6-7-12-27(25)36/h3-7,9-16,19,28-30,37,39H,2,8,17-18,20-22H2,1H3,(H,38,40)/t28-,29-,30+/m0/s1. The Labute approximate surface area is 245 Å². The fourth-order valence-electron chi connectivity index (χ4n) is 6.06. The Morgan fingerprint density at radius 3 is 2.55 bits per heavy atom. The molecule has 0 bridgehead atoms. The molecule has 1 aliphatic heterocycles. The zero-order valence-corrected chi connectivity index (χ0v) is 23.8. The van der Waals surface area contributed by atoms with Gasteiger partial charge in [-0.3, -0.25) is 4.79 Å². The third-order valence-corrected chi connectivity index (χ3v) is 8.65. The van der Waals surface area contributed by atoms with Gasteiger partial charge in [0.15, 0.2) is 5.76 Å². The van der Waals surface area contributed by atoms with E-state index >= 15 is 0 Å². The minimum absolute atomic E-state index is 0.0386. The molecule has 3 aromatic carbocycles. The molecule has 0 radical (unpaired) electrons. The molecule has 1 aromatic heterocycles. The normalized spacial score (nSPS) is 18.4. The SMILES string of the molecule is CCc1ccc2c(c1)[C@@H](NC[C@@H](O)[C@H](Cc1ccccc1)NC(=O)c1ccc(-c3ccccc3F)o1)CC1(CCC1)O2. The van der Waals surface area contributed by atoms with Gasteiger partial charge in [0, 0.05) is 24.6 Å². The molecule has 42 heavy (non-hydrogen) atoms. The van der Waals surface area contributed by atoms with Crippen LogP contribution in [0, 0.1) is 5.82 Å². The molecule has 1 spiro atoms. The lowest BCUT2D eigenvalue weighted by Crippen LogP contribution is -2.52. The minimum atomic E-state index is -0.881. The highest BCUT2D eigenvalue weighted by Gasteiger charge is 2.45. The summed E-state index contributed by atoms with van der Waals surface area (Å²) in [5.41, 5.74) is 3.51. The summed E-state index contributed by atoms with van der Waals surface area (Å²) < 4.78 is 26.5. The third-order valence-electron chi connectivity index (χ3n) is 8.65. The summed E-state index contributed by atoms with van der Waals surface area (Å²) in [5, 5.41) is 18.1. The van der Waals surface area contributed by atoms with Crippen molar-refractivity contribution in [3.63, 3.8) is 0 Å². The molecule has 1 amide bonds. The summed E-state index contributed by atoms with van der Waals surface area (Å²) in [6.45, 7) is 2.42. The molecule has 4 aromatic rings. The molecule has 2 heterocycles. The van der Waals surface area contributed by atoms with E-state index in [0.717, 1.165) is 49.0 Å². The van der Waals surface area contributed by atoms with E-state index in [-0.39, 0.29) is 35.3 Å². The van der Waals surface area contributed by atoms with Crippen molar-refractivity contribution in [1.82, 2.24) is 10.6 Å². The smallest absolute Gasteiger partial charge is 0.287 e. The molecular formula is C35H37FN2O4. The van der Waals surface area contributed by atoms with Gasteiger partial charge in [-0.15, -0.1) is 0 Å². The van der Waals surface area contributed by atoms with E-state index < -0.39 is 23.9 Å². The molecule has 1 aliphatic carbocycles. The number of benzene rings is 3. The van der Waals surface area contributed by atoms with Crippen LogP contribution >= 0.6 is 0 Å². The molecular weight excluding hydrogens is 531 g/mol. The summed E-state index contributed by atoms with van der Waals surface area (Å²) >= 11 is 0. The summed E-state index contributed by atoms with van der Waals surface area (Å²) in [6, 6.07) is 25.0. The molecule has 218 valence electrons. The Hall–Kier alpha value is -3.94. The largest absolute Gasteiger partial charge is 0.487 e. The number of aliphatic hydroxyl groups is 1. The van der Waals surface area contributed by atoms with Crippen LogP contribution in [0.4, 0.5) is 4.39 Å². The number of ether oxygens (including phenoxy) is 1. The molecule has 1 saturated carbocycles. The first-order valence-electron chi connectivity index (χ1n) is 14.9. The summed E-state index contributed by atoms with van der Waals surface area (Å²) in [4.78, 5) is 13.3. The summed E-state index contributed by atoms with van der Waals surface area (Å²) in [7, 11) is 0. The van der Waals surface area contributed by atoms with Crippen LogP contribution in [-0.4, -0.2) is 35.3 Å². The molecule has 0 unspecified atom stereocenters. The van der Waals surface area contributed by atoms with Crippen LogP contribution in [0.2, 0.25) is 0 Å². The first-order valence-corrected chi connectivity index (χ1v) is 14.9. The maximum atomic E-state index is 14.3. The van der Waals surface area contributed by atoms with Gasteiger partial charge >= 0.3 is 0 Å². The van der Waals surface area contributed by atoms with Crippen LogP contribution in [0.15, 0.2) is 89.3 Å². The maximum Gasteiger partial charge on any atom is 0.287 e. The number of aryl methyl sites for hydroxylation is 1. The highest BCUT2D eigenvalue weighted by Crippen LogP contribution is 2.49. The van der Waals surface area contributed by atoms with Gasteiger partial charge in [-0.2, -0.15) is 0 Å². The van der Waals surface area contributed by atoms with E-state index in [4.69, 9.17) is 9.15 Å². The predicted molar refractivity (Wildman–Crippen MR) is 160 cm³/mol. The molecule has 2 aliphatic rings. The Morgan fingerprint density at radius 2 is 1.81 bits per heavy atom. The summed E-state index contributed by atoms with van der Waals surface area (Å²) in [5.74, 6) is 0.364. The van der Waals surface area contributed by atoms with Gasteiger partial charge in [0.25, 0.3) is 5.91 Å². The van der Waals surface area contributed by atoms with E-state index in [2.05, 4.69) is 35.8 Å². The lowest BCUT2D eigenvalue weighted by Gasteiger charge is -2.48. The molecule has 7 heteroatoms. The number of furan rings is 1. The molecule has 1 fully saturated rings. The van der Waals surface area contributed by atoms with E-state index in [1.165, 1.54) is 17.7 Å². The second-order valence-electron chi connectivity index (χ2n) is 11.5. The number of hydrogen-bond donors (Lipinski definition) is 3. The highest BCUT2D eigenvalue weighted by atomic mass is 19.1. The quantitative estimate of drug-likeness (QED) is 0.207. The monoisotopic (exact) mass is 568 g/mol. The van der Waals surface area contributed by atoms with E-state index in [1.54, 1.807) is 24.3 Å². The number of halogens is 1. The number of rotatable bonds is 10. The van der Waals surface area contributed by atoms with Crippen molar-refractivity contribution in [2.75, 3.05) is 6.54 Å². The zero-order valence-electron chi connectivity index (χ0n) is 23.8. The van der Waals surface area contributed by atoms with Gasteiger partial charge in [-0.05, 0) is 73.6 Å². The number of carbonyl (C=O) groups is 1. The molecule has 3 atom stereocenters. The van der Waals surface area contributed by atoms with Crippen molar-refractivity contribution >= 4 is 5.91 Å². The van der Waals surface area contributed by atoms with Crippen LogP contribution in [0.25, 0.3) is 11.3 Å². The fraction of sp³-hybridized carbons (Fsp3) is 0.343. The van der Waals surface area contributed by atoms with Crippen LogP contribution in [0.5, 0.6) is 5.75 Å². The van der Waals surface area contributed by atoms with Crippen LogP contribution in [0.3, 0.4) is 0 Å². The number of fused-ring (bicyclic) bond motifs is 1. The minimum Gasteiger partial charge on any atom is -0.487 e. The van der Waals surface area contributed by atoms with Crippen molar-refractivity contribution in [3.8, 4) is 17.1 Å². The molecule has 3 N–H and O–H groups in total. The maximum absolute atomic E-state index is 14.3. The Balaban J connectivity index is 1.19. The predicted octanol–water partition coefficient (Wildman–Crippen LogP) is 6.39. The first-order chi connectivity index (χ1) is 20.4. The van der Waals surface area contributed by atoms with Crippen molar-refractivity contribution in [3.05, 3.63) is 113 Å². The van der Waals surface area contributed by atoms with Crippen molar-refractivity contribution < 1.29 is 23.4 Å². The van der Waals surface area contributed by atoms with Crippen LogP contribution in [0.1, 0.15) is 65.9 Å². The first kappa shape index (κ1) is 28.2. The topological polar surface area (TPSA) is 83.7 Å². The lowest BCUT2D eigenvalue weighted by atomic mass is 9.72. The third kappa shape index (κ3) is 5.98. The Bertz CT molecular complexity index is 1530. The molecule has 6 rings (SSSR count). The molecule has 0 saturated heterocycles. The van der Waals surface area contributed by atoms with E-state index in [1.807, 2.05) is 30.3 Å². The number of amides is 1. The van der Waals surface area contributed by atoms with E-state index in [9.17, 15) is 14.3 Å². The van der Waals surface area contributed by atoms with Gasteiger partial charge < -0.3 is 24.9 Å². The average molecular weight is 569 g/mol. The highest BCUT2D eigenvalue weighted by molar-refractivity contribution is 5.92. The van der Waals surface area contributed by atoms with Gasteiger partial charge in [0.2, 0.25) is 0 Å². The van der Waals surface area contributed by atoms with Crippen LogP contribution < -0.4 is 15.4 Å². The zero-order chi connectivity index (χ0) is 29.1. The fourth-order valence-corrected chi connectivity index (χ4v) is 6.06. The van der Waals surface area contributed by atoms with Gasteiger partial charge in [-0.1, -0.05) is 61.5 Å². The second-order valence-corrected chi connectivity index (χ2v) is 11.5. The number of carbonyl (C=O) groups excluding carboxylic acids is 1. The van der Waals surface area contributed by atoms with Crippen molar-refractivity contribution in [2.24, 2.45) is 0 Å². The second kappa shape index (κ2) is 12.1. The van der Waals surface area contributed by atoms with Crippen LogP contribution in [-0.2, 0) is 12.8 Å². The number of nitrogens with one attached hydrogen (secondary N) is 2. The number of hydrogen-bond acceptors (Lipinski definition) is 5. The van der Waals surface area contributed by atoms with Gasteiger partial charge in [0.05, 0.1) is 17.7 Å².